The van der Waals surface area contributed by atoms with E-state index in [1.807, 2.05) is 18.3 Å². The summed E-state index contributed by atoms with van der Waals surface area (Å²) < 4.78 is 4.93. The maximum absolute atomic E-state index is 12.1. The molecule has 0 fully saturated rings. The molecule has 0 heterocycles. The maximum Gasteiger partial charge on any atom is 0.329 e. The largest absolute Gasteiger partial charge is 0.451 e. The third kappa shape index (κ3) is 5.71. The second-order valence-corrected chi connectivity index (χ2v) is 5.21. The number of carbonyl (C=O) groups excluding carboxylic acids is 4. The van der Waals surface area contributed by atoms with Gasteiger partial charge in [0.1, 0.15) is 6.04 Å². The molecule has 0 aliphatic heterocycles. The summed E-state index contributed by atoms with van der Waals surface area (Å²) in [6, 6.07) is 5.24. The molecule has 0 spiro atoms. The Bertz CT molecular complexity index is 644. The van der Waals surface area contributed by atoms with E-state index in [1.165, 1.54) is 20.9 Å². The second kappa shape index (κ2) is 8.66. The maximum atomic E-state index is 12.1. The molecule has 3 N–H and O–H groups in total. The predicted octanol–water partition coefficient (Wildman–Crippen LogP) is 0.501. The Labute approximate surface area is 139 Å². The molecule has 0 unspecified atom stereocenters. The van der Waals surface area contributed by atoms with Crippen LogP contribution in [0.5, 0.6) is 0 Å². The summed E-state index contributed by atoms with van der Waals surface area (Å²) in [5.74, 6) is -1.97. The number of benzene rings is 1. The first-order valence-corrected chi connectivity index (χ1v) is 7.35. The van der Waals surface area contributed by atoms with Gasteiger partial charge >= 0.3 is 12.0 Å². The van der Waals surface area contributed by atoms with Crippen LogP contribution < -0.4 is 16.0 Å². The van der Waals surface area contributed by atoms with Crippen molar-refractivity contribution in [3.63, 3.8) is 0 Å². The van der Waals surface area contributed by atoms with Crippen molar-refractivity contribution in [1.29, 1.82) is 0 Å². The molecule has 0 aliphatic carbocycles. The fourth-order valence-corrected chi connectivity index (χ4v) is 1.73. The molecule has 1 aromatic rings. The molecule has 2 atom stereocenters. The fourth-order valence-electron chi connectivity index (χ4n) is 1.73. The van der Waals surface area contributed by atoms with E-state index < -0.39 is 36.0 Å². The van der Waals surface area contributed by atoms with Gasteiger partial charge in [-0.15, -0.1) is 0 Å². The van der Waals surface area contributed by atoms with Crippen LogP contribution in [0, 0.1) is 6.92 Å². The van der Waals surface area contributed by atoms with Crippen molar-refractivity contribution >= 4 is 23.8 Å². The second-order valence-electron chi connectivity index (χ2n) is 5.21. The topological polar surface area (TPSA) is 114 Å². The lowest BCUT2D eigenvalue weighted by atomic mass is 10.1. The third-order valence-electron chi connectivity index (χ3n) is 3.11. The Hall–Kier alpha value is -2.90. The number of esters is 1. The van der Waals surface area contributed by atoms with E-state index in [4.69, 9.17) is 4.74 Å². The molecule has 0 saturated heterocycles. The molecular weight excluding hydrogens is 314 g/mol. The number of ether oxygens (including phenoxy) is 1. The van der Waals surface area contributed by atoms with E-state index in [0.29, 0.717) is 5.56 Å². The van der Waals surface area contributed by atoms with E-state index >= 15 is 0 Å². The van der Waals surface area contributed by atoms with Crippen molar-refractivity contribution in [2.45, 2.75) is 32.9 Å². The normalized spacial score (nSPS) is 12.5. The first-order valence-electron chi connectivity index (χ1n) is 7.35. The first kappa shape index (κ1) is 19.1. The van der Waals surface area contributed by atoms with Gasteiger partial charge in [-0.05, 0) is 32.9 Å². The summed E-state index contributed by atoms with van der Waals surface area (Å²) in [7, 11) is 1.35. The van der Waals surface area contributed by atoms with Gasteiger partial charge in [-0.3, -0.25) is 14.9 Å². The third-order valence-corrected chi connectivity index (χ3v) is 3.11. The molecule has 130 valence electrons. The zero-order valence-electron chi connectivity index (χ0n) is 14.0. The minimum atomic E-state index is -1.17. The minimum absolute atomic E-state index is 0.417. The summed E-state index contributed by atoms with van der Waals surface area (Å²) in [5.41, 5.74) is 1.33. The number of hydrogen-bond acceptors (Lipinski definition) is 5. The zero-order valence-corrected chi connectivity index (χ0v) is 14.0. The van der Waals surface area contributed by atoms with Crippen LogP contribution in [-0.4, -0.2) is 43.0 Å². The Kier molecular flexibility index (Phi) is 6.91. The summed E-state index contributed by atoms with van der Waals surface area (Å²) in [5, 5.41) is 6.70. The van der Waals surface area contributed by atoms with Crippen LogP contribution in [0.25, 0.3) is 0 Å². The molecule has 0 saturated carbocycles. The number of rotatable bonds is 5. The highest BCUT2D eigenvalue weighted by molar-refractivity contribution is 5.98. The van der Waals surface area contributed by atoms with E-state index in [1.54, 1.807) is 18.2 Å². The van der Waals surface area contributed by atoms with Gasteiger partial charge in [0.25, 0.3) is 11.8 Å². The highest BCUT2D eigenvalue weighted by Gasteiger charge is 2.24. The summed E-state index contributed by atoms with van der Waals surface area (Å²) in [4.78, 5) is 46.6. The highest BCUT2D eigenvalue weighted by Crippen LogP contribution is 2.05. The summed E-state index contributed by atoms with van der Waals surface area (Å²) in [6.07, 6.45) is -1.17. The van der Waals surface area contributed by atoms with Gasteiger partial charge in [0, 0.05) is 12.6 Å². The number of imide groups is 1. The summed E-state index contributed by atoms with van der Waals surface area (Å²) >= 11 is 0. The first-order chi connectivity index (χ1) is 11.2. The Balaban J connectivity index is 2.56. The van der Waals surface area contributed by atoms with Gasteiger partial charge < -0.3 is 15.4 Å². The number of aryl methyl sites for hydroxylation is 1. The van der Waals surface area contributed by atoms with Gasteiger partial charge in [0.2, 0.25) is 0 Å². The quantitative estimate of drug-likeness (QED) is 0.678. The van der Waals surface area contributed by atoms with Gasteiger partial charge in [-0.25, -0.2) is 9.59 Å². The number of carbonyl (C=O) groups is 4. The molecular formula is C16H21N3O5. The monoisotopic (exact) mass is 335 g/mol. The van der Waals surface area contributed by atoms with Crippen molar-refractivity contribution in [3.05, 3.63) is 35.4 Å². The van der Waals surface area contributed by atoms with Gasteiger partial charge in [0.15, 0.2) is 6.10 Å². The number of hydrogen-bond donors (Lipinski definition) is 3. The van der Waals surface area contributed by atoms with Crippen LogP contribution in [0.15, 0.2) is 24.3 Å². The van der Waals surface area contributed by atoms with Gasteiger partial charge in [-0.1, -0.05) is 17.7 Å². The minimum Gasteiger partial charge on any atom is -0.451 e. The van der Waals surface area contributed by atoms with Crippen LogP contribution in [0.4, 0.5) is 4.79 Å². The Morgan fingerprint density at radius 1 is 1.12 bits per heavy atom. The predicted molar refractivity (Wildman–Crippen MR) is 86.3 cm³/mol. The van der Waals surface area contributed by atoms with Crippen LogP contribution >= 0.6 is 0 Å². The number of urea groups is 1. The van der Waals surface area contributed by atoms with Crippen LogP contribution in [-0.2, 0) is 14.3 Å². The van der Waals surface area contributed by atoms with Crippen molar-refractivity contribution in [3.8, 4) is 0 Å². The molecule has 8 nitrogen and oxygen atoms in total. The summed E-state index contributed by atoms with van der Waals surface area (Å²) in [6.45, 7) is 4.62. The molecule has 24 heavy (non-hydrogen) atoms. The highest BCUT2D eigenvalue weighted by atomic mass is 16.5. The van der Waals surface area contributed by atoms with E-state index in [-0.39, 0.29) is 0 Å². The van der Waals surface area contributed by atoms with Crippen molar-refractivity contribution in [2.75, 3.05) is 7.05 Å². The molecule has 0 bridgehead atoms. The molecule has 1 aromatic carbocycles. The molecule has 0 aliphatic rings. The van der Waals surface area contributed by atoms with E-state index in [2.05, 4.69) is 10.6 Å². The standard InChI is InChI=1S/C16H21N3O5/c1-9-6-5-7-12(8-9)14(21)18-10(2)15(22)24-11(3)13(20)19-16(23)17-4/h5-8,10-11H,1-4H3,(H,18,21)(H2,17,19,20,23)/t10-,11-/m0/s1. The lowest BCUT2D eigenvalue weighted by Crippen LogP contribution is -2.46. The average Bonchev–Trinajstić information content (AvgIpc) is 2.54. The fraction of sp³-hybridized carbons (Fsp3) is 0.375. The van der Waals surface area contributed by atoms with E-state index in [9.17, 15) is 19.2 Å². The van der Waals surface area contributed by atoms with Gasteiger partial charge in [0.05, 0.1) is 0 Å². The van der Waals surface area contributed by atoms with Crippen molar-refractivity contribution in [2.24, 2.45) is 0 Å². The van der Waals surface area contributed by atoms with Gasteiger partial charge in [-0.2, -0.15) is 0 Å². The van der Waals surface area contributed by atoms with Crippen LogP contribution in [0.2, 0.25) is 0 Å². The Morgan fingerprint density at radius 2 is 1.79 bits per heavy atom. The average molecular weight is 335 g/mol. The molecule has 1 rings (SSSR count). The smallest absolute Gasteiger partial charge is 0.329 e. The Morgan fingerprint density at radius 3 is 2.38 bits per heavy atom. The lowest BCUT2D eigenvalue weighted by Gasteiger charge is -2.17. The number of amides is 4. The van der Waals surface area contributed by atoms with Crippen molar-refractivity contribution < 1.29 is 23.9 Å². The molecule has 0 aromatic heterocycles. The van der Waals surface area contributed by atoms with Crippen molar-refractivity contribution in [1.82, 2.24) is 16.0 Å². The van der Waals surface area contributed by atoms with Crippen LogP contribution in [0.1, 0.15) is 29.8 Å². The SMILES string of the molecule is CNC(=O)NC(=O)[C@H](C)OC(=O)[C@H](C)NC(=O)c1cccc(C)c1. The lowest BCUT2D eigenvalue weighted by molar-refractivity contribution is -0.155. The molecule has 0 radical (unpaired) electrons. The van der Waals surface area contributed by atoms with E-state index in [0.717, 1.165) is 5.56 Å². The zero-order chi connectivity index (χ0) is 18.3. The van der Waals surface area contributed by atoms with Crippen LogP contribution in [0.3, 0.4) is 0 Å². The molecule has 4 amide bonds. The number of nitrogens with one attached hydrogen (secondary N) is 3. The molecule has 8 heteroatoms.